The molecule has 0 radical (unpaired) electrons. The number of benzene rings is 1. The Hall–Kier alpha value is -1.02. The fourth-order valence-electron chi connectivity index (χ4n) is 1.95. The number of phenols is 1. The molecule has 0 spiro atoms. The summed E-state index contributed by atoms with van der Waals surface area (Å²) in [6.07, 6.45) is 0.972. The molecule has 1 aliphatic heterocycles. The number of phenolic OH excluding ortho intramolecular Hbond substituents is 1. The molecule has 0 saturated carbocycles. The average Bonchev–Trinajstić information content (AvgIpc) is 2.12. The highest BCUT2D eigenvalue weighted by atomic mass is 16.3. The van der Waals surface area contributed by atoms with Crippen molar-refractivity contribution in [1.29, 1.82) is 0 Å². The topological polar surface area (TPSA) is 23.5 Å². The van der Waals surface area contributed by atoms with Crippen LogP contribution in [-0.4, -0.2) is 23.6 Å². The van der Waals surface area contributed by atoms with Crippen molar-refractivity contribution in [3.05, 3.63) is 28.8 Å². The minimum atomic E-state index is 0.466. The van der Waals surface area contributed by atoms with Crippen molar-refractivity contribution < 1.29 is 5.11 Å². The molecular formula is C11H15NO. The molecule has 2 rings (SSSR count). The lowest BCUT2D eigenvalue weighted by atomic mass is 9.95. The summed E-state index contributed by atoms with van der Waals surface area (Å²) in [4.78, 5) is 2.29. The summed E-state index contributed by atoms with van der Waals surface area (Å²) >= 11 is 0. The normalized spacial score (nSPS) is 17.1. The zero-order valence-corrected chi connectivity index (χ0v) is 8.17. The zero-order chi connectivity index (χ0) is 9.42. The molecule has 1 aromatic rings. The fraction of sp³-hybridized carbons (Fsp3) is 0.455. The number of likely N-dealkylation sites (N-methyl/N-ethyl adjacent to an activating group) is 1. The van der Waals surface area contributed by atoms with Crippen LogP contribution in [0.4, 0.5) is 0 Å². The maximum Gasteiger partial charge on any atom is 0.119 e. The first-order chi connectivity index (χ1) is 6.18. The molecule has 2 nitrogen and oxygen atoms in total. The van der Waals surface area contributed by atoms with E-state index in [0.29, 0.717) is 5.75 Å². The standard InChI is InChI=1S/C11H15NO/c1-8-3-4-11(13)9-5-6-12(2)7-10(8)9/h3-4,13H,5-7H2,1-2H3. The lowest BCUT2D eigenvalue weighted by molar-refractivity contribution is 0.307. The van der Waals surface area contributed by atoms with Gasteiger partial charge >= 0.3 is 0 Å². The second kappa shape index (κ2) is 3.04. The second-order valence-electron chi connectivity index (χ2n) is 3.85. The third-order valence-electron chi connectivity index (χ3n) is 2.81. The Kier molecular flexibility index (Phi) is 2.00. The molecular weight excluding hydrogens is 162 g/mol. The van der Waals surface area contributed by atoms with Crippen LogP contribution in [0.25, 0.3) is 0 Å². The first kappa shape index (κ1) is 8.57. The van der Waals surface area contributed by atoms with Gasteiger partial charge in [-0.05, 0) is 43.1 Å². The average molecular weight is 177 g/mol. The minimum Gasteiger partial charge on any atom is -0.508 e. The summed E-state index contributed by atoms with van der Waals surface area (Å²) in [6.45, 7) is 4.12. The van der Waals surface area contributed by atoms with Gasteiger partial charge in [0, 0.05) is 13.1 Å². The highest BCUT2D eigenvalue weighted by Crippen LogP contribution is 2.28. The van der Waals surface area contributed by atoms with Crippen LogP contribution in [-0.2, 0) is 13.0 Å². The van der Waals surface area contributed by atoms with E-state index in [1.54, 1.807) is 6.07 Å². The van der Waals surface area contributed by atoms with Crippen molar-refractivity contribution in [3.63, 3.8) is 0 Å². The Labute approximate surface area is 78.8 Å². The van der Waals surface area contributed by atoms with Crippen molar-refractivity contribution in [2.75, 3.05) is 13.6 Å². The Morgan fingerprint density at radius 1 is 1.31 bits per heavy atom. The molecule has 0 saturated heterocycles. The third-order valence-corrected chi connectivity index (χ3v) is 2.81. The second-order valence-corrected chi connectivity index (χ2v) is 3.85. The molecule has 1 heterocycles. The van der Waals surface area contributed by atoms with Crippen LogP contribution in [0.1, 0.15) is 16.7 Å². The first-order valence-electron chi connectivity index (χ1n) is 4.67. The van der Waals surface area contributed by atoms with E-state index < -0.39 is 0 Å². The molecule has 1 aliphatic rings. The Morgan fingerprint density at radius 3 is 2.85 bits per heavy atom. The monoisotopic (exact) mass is 177 g/mol. The first-order valence-corrected chi connectivity index (χ1v) is 4.67. The van der Waals surface area contributed by atoms with Gasteiger partial charge in [0.25, 0.3) is 0 Å². The lowest BCUT2D eigenvalue weighted by Crippen LogP contribution is -2.27. The summed E-state index contributed by atoms with van der Waals surface area (Å²) < 4.78 is 0. The van der Waals surface area contributed by atoms with Gasteiger partial charge in [-0.25, -0.2) is 0 Å². The van der Waals surface area contributed by atoms with Gasteiger partial charge in [0.15, 0.2) is 0 Å². The van der Waals surface area contributed by atoms with Crippen LogP contribution in [0.15, 0.2) is 12.1 Å². The van der Waals surface area contributed by atoms with E-state index in [4.69, 9.17) is 0 Å². The van der Waals surface area contributed by atoms with Gasteiger partial charge in [-0.2, -0.15) is 0 Å². The van der Waals surface area contributed by atoms with Crippen molar-refractivity contribution in [1.82, 2.24) is 4.90 Å². The van der Waals surface area contributed by atoms with E-state index in [2.05, 4.69) is 18.9 Å². The van der Waals surface area contributed by atoms with E-state index in [-0.39, 0.29) is 0 Å². The Balaban J connectivity index is 2.51. The zero-order valence-electron chi connectivity index (χ0n) is 8.17. The van der Waals surface area contributed by atoms with Crippen molar-refractivity contribution >= 4 is 0 Å². The molecule has 13 heavy (non-hydrogen) atoms. The molecule has 0 fully saturated rings. The summed E-state index contributed by atoms with van der Waals surface area (Å²) in [7, 11) is 2.12. The van der Waals surface area contributed by atoms with Crippen molar-refractivity contribution in [3.8, 4) is 5.75 Å². The third kappa shape index (κ3) is 1.42. The Morgan fingerprint density at radius 2 is 2.08 bits per heavy atom. The summed E-state index contributed by atoms with van der Waals surface area (Å²) in [5, 5.41) is 9.65. The molecule has 0 aliphatic carbocycles. The number of hydrogen-bond acceptors (Lipinski definition) is 2. The molecule has 0 atom stereocenters. The molecule has 70 valence electrons. The van der Waals surface area contributed by atoms with Crippen LogP contribution < -0.4 is 0 Å². The highest BCUT2D eigenvalue weighted by molar-refractivity contribution is 5.45. The molecule has 0 bridgehead atoms. The minimum absolute atomic E-state index is 0.466. The SMILES string of the molecule is Cc1ccc(O)c2c1CN(C)CC2. The van der Waals surface area contributed by atoms with Crippen LogP contribution >= 0.6 is 0 Å². The van der Waals surface area contributed by atoms with Gasteiger partial charge in [-0.15, -0.1) is 0 Å². The van der Waals surface area contributed by atoms with Crippen LogP contribution in [0.5, 0.6) is 5.75 Å². The largest absolute Gasteiger partial charge is 0.508 e. The summed E-state index contributed by atoms with van der Waals surface area (Å²) in [5.41, 5.74) is 3.76. The van der Waals surface area contributed by atoms with Crippen LogP contribution in [0.2, 0.25) is 0 Å². The molecule has 0 unspecified atom stereocenters. The van der Waals surface area contributed by atoms with Gasteiger partial charge in [-0.3, -0.25) is 0 Å². The lowest BCUT2D eigenvalue weighted by Gasteiger charge is -2.26. The van der Waals surface area contributed by atoms with Gasteiger partial charge in [0.2, 0.25) is 0 Å². The number of aromatic hydroxyl groups is 1. The smallest absolute Gasteiger partial charge is 0.119 e. The van der Waals surface area contributed by atoms with Gasteiger partial charge in [0.1, 0.15) is 5.75 Å². The van der Waals surface area contributed by atoms with E-state index in [1.807, 2.05) is 6.07 Å². The molecule has 0 amide bonds. The highest BCUT2D eigenvalue weighted by Gasteiger charge is 2.17. The van der Waals surface area contributed by atoms with E-state index >= 15 is 0 Å². The quantitative estimate of drug-likeness (QED) is 0.652. The molecule has 1 N–H and O–H groups in total. The van der Waals surface area contributed by atoms with Crippen LogP contribution in [0, 0.1) is 6.92 Å². The van der Waals surface area contributed by atoms with Gasteiger partial charge in [-0.1, -0.05) is 6.07 Å². The number of rotatable bonds is 0. The van der Waals surface area contributed by atoms with Crippen LogP contribution in [0.3, 0.4) is 0 Å². The fourth-order valence-corrected chi connectivity index (χ4v) is 1.95. The van der Waals surface area contributed by atoms with E-state index in [1.165, 1.54) is 11.1 Å². The maximum atomic E-state index is 9.65. The number of fused-ring (bicyclic) bond motifs is 1. The van der Waals surface area contributed by atoms with E-state index in [9.17, 15) is 5.11 Å². The number of aryl methyl sites for hydroxylation is 1. The van der Waals surface area contributed by atoms with Crippen molar-refractivity contribution in [2.45, 2.75) is 19.9 Å². The Bertz CT molecular complexity index is 333. The number of nitrogens with zero attached hydrogens (tertiary/aromatic N) is 1. The summed E-state index contributed by atoms with van der Waals surface area (Å²) in [6, 6.07) is 3.80. The number of hydrogen-bond donors (Lipinski definition) is 1. The molecule has 2 heteroatoms. The van der Waals surface area contributed by atoms with E-state index in [0.717, 1.165) is 25.1 Å². The summed E-state index contributed by atoms with van der Waals surface area (Å²) in [5.74, 6) is 0.466. The van der Waals surface area contributed by atoms with Gasteiger partial charge in [0.05, 0.1) is 0 Å². The predicted molar refractivity (Wildman–Crippen MR) is 52.9 cm³/mol. The molecule has 0 aromatic heterocycles. The molecule has 1 aromatic carbocycles. The predicted octanol–water partition coefficient (Wildman–Crippen LogP) is 1.69. The van der Waals surface area contributed by atoms with Crippen molar-refractivity contribution in [2.24, 2.45) is 0 Å². The maximum absolute atomic E-state index is 9.65. The van der Waals surface area contributed by atoms with Gasteiger partial charge < -0.3 is 10.0 Å².